The van der Waals surface area contributed by atoms with E-state index < -0.39 is 23.1 Å². The van der Waals surface area contributed by atoms with Crippen LogP contribution >= 0.6 is 0 Å². The van der Waals surface area contributed by atoms with Gasteiger partial charge < -0.3 is 0 Å². The molecule has 2 amide bonds. The molecule has 0 atom stereocenters. The standard InChI is InChI=1S/C15H13N3O4/c1-16-9(7-12(19)17(2)15(16)22)8-18-13(20)10-5-3-4-6-11(10)14(18)21/h3-7H,8H2,1-2H3. The molecule has 0 saturated heterocycles. The van der Waals surface area contributed by atoms with Crippen molar-refractivity contribution in [3.05, 3.63) is 68.0 Å². The summed E-state index contributed by atoms with van der Waals surface area (Å²) in [6.45, 7) is -0.117. The van der Waals surface area contributed by atoms with Crippen LogP contribution in [0.15, 0.2) is 39.9 Å². The van der Waals surface area contributed by atoms with Gasteiger partial charge in [0.2, 0.25) is 0 Å². The quantitative estimate of drug-likeness (QED) is 0.724. The molecule has 22 heavy (non-hydrogen) atoms. The van der Waals surface area contributed by atoms with Crippen molar-refractivity contribution < 1.29 is 9.59 Å². The molecule has 1 aliphatic rings. The maximum absolute atomic E-state index is 12.3. The number of fused-ring (bicyclic) bond motifs is 1. The van der Waals surface area contributed by atoms with Crippen molar-refractivity contribution in [2.45, 2.75) is 6.54 Å². The summed E-state index contributed by atoms with van der Waals surface area (Å²) in [5, 5.41) is 0. The topological polar surface area (TPSA) is 81.4 Å². The van der Waals surface area contributed by atoms with Gasteiger partial charge in [0, 0.05) is 25.9 Å². The van der Waals surface area contributed by atoms with Gasteiger partial charge in [-0.05, 0) is 12.1 Å². The van der Waals surface area contributed by atoms with Gasteiger partial charge in [0.25, 0.3) is 17.4 Å². The Morgan fingerprint density at radius 3 is 1.95 bits per heavy atom. The lowest BCUT2D eigenvalue weighted by atomic mass is 10.1. The van der Waals surface area contributed by atoms with Gasteiger partial charge in [-0.25, -0.2) is 4.79 Å². The van der Waals surface area contributed by atoms with Gasteiger partial charge in [-0.15, -0.1) is 0 Å². The zero-order chi connectivity index (χ0) is 16.0. The molecule has 0 saturated carbocycles. The lowest BCUT2D eigenvalue weighted by Gasteiger charge is -2.16. The first-order valence-corrected chi connectivity index (χ1v) is 6.63. The molecule has 0 unspecified atom stereocenters. The van der Waals surface area contributed by atoms with E-state index in [9.17, 15) is 19.2 Å². The molecule has 0 bridgehead atoms. The van der Waals surface area contributed by atoms with Gasteiger partial charge >= 0.3 is 5.69 Å². The van der Waals surface area contributed by atoms with Crippen LogP contribution in [0.25, 0.3) is 0 Å². The maximum atomic E-state index is 12.3. The first kappa shape index (κ1) is 14.0. The molecule has 7 heteroatoms. The second-order valence-electron chi connectivity index (χ2n) is 5.12. The van der Waals surface area contributed by atoms with Crippen molar-refractivity contribution in [3.63, 3.8) is 0 Å². The predicted molar refractivity (Wildman–Crippen MR) is 77.6 cm³/mol. The summed E-state index contributed by atoms with van der Waals surface area (Å²) in [5.74, 6) is -0.845. The molecule has 1 aliphatic heterocycles. The molecule has 0 radical (unpaired) electrons. The first-order valence-electron chi connectivity index (χ1n) is 6.63. The fourth-order valence-corrected chi connectivity index (χ4v) is 2.47. The van der Waals surface area contributed by atoms with Crippen LogP contribution in [-0.4, -0.2) is 25.8 Å². The minimum Gasteiger partial charge on any atom is -0.299 e. The molecule has 2 aromatic rings. The third kappa shape index (κ3) is 1.90. The molecule has 0 N–H and O–H groups in total. The first-order chi connectivity index (χ1) is 10.4. The lowest BCUT2D eigenvalue weighted by molar-refractivity contribution is 0.0638. The molecule has 0 spiro atoms. The summed E-state index contributed by atoms with van der Waals surface area (Å²) in [4.78, 5) is 49.3. The molecular formula is C15H13N3O4. The van der Waals surface area contributed by atoms with E-state index in [1.807, 2.05) is 0 Å². The second-order valence-corrected chi connectivity index (χ2v) is 5.12. The van der Waals surface area contributed by atoms with Crippen molar-refractivity contribution in [2.24, 2.45) is 14.1 Å². The van der Waals surface area contributed by atoms with Crippen LogP contribution in [0.4, 0.5) is 0 Å². The Kier molecular flexibility index (Phi) is 3.05. The number of nitrogens with zero attached hydrogens (tertiary/aromatic N) is 3. The average molecular weight is 299 g/mol. The molecular weight excluding hydrogens is 286 g/mol. The van der Waals surface area contributed by atoms with Gasteiger partial charge in [0.05, 0.1) is 17.7 Å². The smallest absolute Gasteiger partial charge is 0.299 e. The third-order valence-corrected chi connectivity index (χ3v) is 3.82. The highest BCUT2D eigenvalue weighted by Gasteiger charge is 2.35. The Bertz CT molecular complexity index is 888. The Balaban J connectivity index is 2.03. The zero-order valence-electron chi connectivity index (χ0n) is 12.1. The number of carbonyl (C=O) groups is 2. The summed E-state index contributed by atoms with van der Waals surface area (Å²) in [5.41, 5.74) is -0.000841. The van der Waals surface area contributed by atoms with E-state index in [0.29, 0.717) is 16.8 Å². The van der Waals surface area contributed by atoms with Gasteiger partial charge in [-0.3, -0.25) is 28.4 Å². The van der Waals surface area contributed by atoms with E-state index in [1.165, 1.54) is 24.7 Å². The normalized spacial score (nSPS) is 13.6. The summed E-state index contributed by atoms with van der Waals surface area (Å²) in [6.07, 6.45) is 0. The monoisotopic (exact) mass is 299 g/mol. The van der Waals surface area contributed by atoms with Crippen molar-refractivity contribution in [2.75, 3.05) is 0 Å². The van der Waals surface area contributed by atoms with Crippen molar-refractivity contribution in [3.8, 4) is 0 Å². The van der Waals surface area contributed by atoms with Crippen LogP contribution in [-0.2, 0) is 20.6 Å². The van der Waals surface area contributed by atoms with Crippen molar-refractivity contribution in [1.82, 2.24) is 14.0 Å². The Morgan fingerprint density at radius 1 is 0.864 bits per heavy atom. The van der Waals surface area contributed by atoms with Crippen LogP contribution in [0.3, 0.4) is 0 Å². The lowest BCUT2D eigenvalue weighted by Crippen LogP contribution is -2.40. The summed E-state index contributed by atoms with van der Waals surface area (Å²) in [6, 6.07) is 7.78. The fraction of sp³-hybridized carbons (Fsp3) is 0.200. The summed E-state index contributed by atoms with van der Waals surface area (Å²) < 4.78 is 2.22. The Hall–Kier alpha value is -2.96. The maximum Gasteiger partial charge on any atom is 0.330 e. The molecule has 1 aromatic carbocycles. The molecule has 2 heterocycles. The number of imide groups is 1. The SMILES string of the molecule is Cn1c(CN2C(=O)c3ccccc3C2=O)cc(=O)n(C)c1=O. The van der Waals surface area contributed by atoms with E-state index >= 15 is 0 Å². The van der Waals surface area contributed by atoms with Gasteiger partial charge in [-0.2, -0.15) is 0 Å². The zero-order valence-corrected chi connectivity index (χ0v) is 12.1. The van der Waals surface area contributed by atoms with Gasteiger partial charge in [0.15, 0.2) is 0 Å². The molecule has 112 valence electrons. The predicted octanol–water partition coefficient (Wildman–Crippen LogP) is -0.120. The molecule has 0 fully saturated rings. The van der Waals surface area contributed by atoms with E-state index in [-0.39, 0.29) is 6.54 Å². The van der Waals surface area contributed by atoms with E-state index in [0.717, 1.165) is 9.47 Å². The highest BCUT2D eigenvalue weighted by Crippen LogP contribution is 2.23. The highest BCUT2D eigenvalue weighted by atomic mass is 16.2. The van der Waals surface area contributed by atoms with E-state index in [2.05, 4.69) is 0 Å². The number of hydrogen-bond donors (Lipinski definition) is 0. The fourth-order valence-electron chi connectivity index (χ4n) is 2.47. The number of benzene rings is 1. The number of rotatable bonds is 2. The van der Waals surface area contributed by atoms with Crippen molar-refractivity contribution >= 4 is 11.8 Å². The van der Waals surface area contributed by atoms with Crippen molar-refractivity contribution in [1.29, 1.82) is 0 Å². The molecule has 0 aliphatic carbocycles. The second kappa shape index (κ2) is 4.80. The van der Waals surface area contributed by atoms with E-state index in [4.69, 9.17) is 0 Å². The van der Waals surface area contributed by atoms with Crippen LogP contribution in [0.1, 0.15) is 26.4 Å². The number of carbonyl (C=O) groups excluding carboxylic acids is 2. The molecule has 1 aromatic heterocycles. The Morgan fingerprint density at radius 2 is 1.41 bits per heavy atom. The van der Waals surface area contributed by atoms with Gasteiger partial charge in [0.1, 0.15) is 0 Å². The van der Waals surface area contributed by atoms with Gasteiger partial charge in [-0.1, -0.05) is 12.1 Å². The van der Waals surface area contributed by atoms with E-state index in [1.54, 1.807) is 24.3 Å². The number of hydrogen-bond acceptors (Lipinski definition) is 4. The highest BCUT2D eigenvalue weighted by molar-refractivity contribution is 6.21. The third-order valence-electron chi connectivity index (χ3n) is 3.82. The van der Waals surface area contributed by atoms with Crippen LogP contribution < -0.4 is 11.2 Å². The van der Waals surface area contributed by atoms with Crippen LogP contribution in [0.5, 0.6) is 0 Å². The van der Waals surface area contributed by atoms with Crippen LogP contribution in [0.2, 0.25) is 0 Å². The van der Waals surface area contributed by atoms with Crippen LogP contribution in [0, 0.1) is 0 Å². The average Bonchev–Trinajstić information content (AvgIpc) is 2.76. The summed E-state index contributed by atoms with van der Waals surface area (Å²) >= 11 is 0. The minimum absolute atomic E-state index is 0.117. The summed E-state index contributed by atoms with van der Waals surface area (Å²) in [7, 11) is 2.87. The minimum atomic E-state index is -0.501. The number of amides is 2. The molecule has 7 nitrogen and oxygen atoms in total. The number of aromatic nitrogens is 2. The Labute approximate surface area is 125 Å². The largest absolute Gasteiger partial charge is 0.330 e. The molecule has 3 rings (SSSR count).